The van der Waals surface area contributed by atoms with Crippen LogP contribution >= 0.6 is 0 Å². The van der Waals surface area contributed by atoms with Gasteiger partial charge in [-0.15, -0.1) is 0 Å². The standard InChI is InChI=1S/C26H27F2N/c27-24-12-8-22(9-13-24)26(23-10-14-25(28)15-11-23)21-7-4-17-29(18-16-21)19-20-5-2-1-3-6-20/h1-3,5-6,8-15,21,26H,4,7,16-19H2. The molecule has 0 N–H and O–H groups in total. The molecule has 150 valence electrons. The summed E-state index contributed by atoms with van der Waals surface area (Å²) in [5.41, 5.74) is 3.57. The van der Waals surface area contributed by atoms with E-state index in [1.54, 1.807) is 0 Å². The molecule has 0 bridgehead atoms. The molecule has 1 fully saturated rings. The maximum Gasteiger partial charge on any atom is 0.123 e. The van der Waals surface area contributed by atoms with E-state index in [1.165, 1.54) is 29.8 Å². The maximum atomic E-state index is 13.5. The summed E-state index contributed by atoms with van der Waals surface area (Å²) < 4.78 is 27.0. The van der Waals surface area contributed by atoms with Gasteiger partial charge in [0.2, 0.25) is 0 Å². The first kappa shape index (κ1) is 19.8. The molecule has 1 unspecified atom stereocenters. The van der Waals surface area contributed by atoms with Gasteiger partial charge in [-0.3, -0.25) is 4.90 Å². The first-order valence-corrected chi connectivity index (χ1v) is 10.5. The van der Waals surface area contributed by atoms with Crippen LogP contribution in [0.5, 0.6) is 0 Å². The highest BCUT2D eigenvalue weighted by Gasteiger charge is 2.27. The van der Waals surface area contributed by atoms with E-state index < -0.39 is 0 Å². The molecule has 0 amide bonds. The van der Waals surface area contributed by atoms with Crippen LogP contribution in [-0.2, 0) is 6.54 Å². The molecule has 1 heterocycles. The molecule has 0 aromatic heterocycles. The number of hydrogen-bond donors (Lipinski definition) is 0. The first-order valence-electron chi connectivity index (χ1n) is 10.5. The van der Waals surface area contributed by atoms with E-state index in [-0.39, 0.29) is 17.6 Å². The fourth-order valence-electron chi connectivity index (χ4n) is 4.59. The van der Waals surface area contributed by atoms with Crippen molar-refractivity contribution in [3.8, 4) is 0 Å². The first-order chi connectivity index (χ1) is 14.2. The monoisotopic (exact) mass is 391 g/mol. The van der Waals surface area contributed by atoms with Crippen LogP contribution in [-0.4, -0.2) is 18.0 Å². The predicted molar refractivity (Wildman–Crippen MR) is 114 cm³/mol. The van der Waals surface area contributed by atoms with Crippen LogP contribution in [0.15, 0.2) is 78.9 Å². The highest BCUT2D eigenvalue weighted by molar-refractivity contribution is 5.34. The molecule has 3 aromatic carbocycles. The van der Waals surface area contributed by atoms with E-state index in [0.717, 1.165) is 50.0 Å². The average molecular weight is 392 g/mol. The molecule has 0 aliphatic carbocycles. The molecular weight excluding hydrogens is 364 g/mol. The number of benzene rings is 3. The van der Waals surface area contributed by atoms with Gasteiger partial charge in [0.25, 0.3) is 0 Å². The van der Waals surface area contributed by atoms with Crippen molar-refractivity contribution >= 4 is 0 Å². The van der Waals surface area contributed by atoms with Gasteiger partial charge in [0.1, 0.15) is 11.6 Å². The minimum Gasteiger partial charge on any atom is -0.299 e. The molecule has 4 rings (SSSR count). The molecule has 0 saturated carbocycles. The third kappa shape index (κ3) is 5.10. The normalized spacial score (nSPS) is 18.0. The summed E-state index contributed by atoms with van der Waals surface area (Å²) in [7, 11) is 0. The van der Waals surface area contributed by atoms with Crippen LogP contribution in [0.3, 0.4) is 0 Å². The van der Waals surface area contributed by atoms with Crippen LogP contribution in [0, 0.1) is 17.6 Å². The van der Waals surface area contributed by atoms with E-state index in [2.05, 4.69) is 35.2 Å². The Bertz CT molecular complexity index is 845. The summed E-state index contributed by atoms with van der Waals surface area (Å²) in [6.45, 7) is 3.11. The lowest BCUT2D eigenvalue weighted by molar-refractivity contribution is 0.270. The van der Waals surface area contributed by atoms with Crippen molar-refractivity contribution in [2.45, 2.75) is 31.7 Å². The Balaban J connectivity index is 1.54. The van der Waals surface area contributed by atoms with Gasteiger partial charge < -0.3 is 0 Å². The average Bonchev–Trinajstić information content (AvgIpc) is 2.97. The minimum atomic E-state index is -0.221. The third-order valence-electron chi connectivity index (χ3n) is 6.04. The smallest absolute Gasteiger partial charge is 0.123 e. The number of likely N-dealkylation sites (tertiary alicyclic amines) is 1. The van der Waals surface area contributed by atoms with Gasteiger partial charge in [0.05, 0.1) is 0 Å². The van der Waals surface area contributed by atoms with Crippen molar-refractivity contribution in [2.24, 2.45) is 5.92 Å². The van der Waals surface area contributed by atoms with Crippen molar-refractivity contribution in [3.05, 3.63) is 107 Å². The molecule has 3 aromatic rings. The van der Waals surface area contributed by atoms with Gasteiger partial charge in [-0.25, -0.2) is 8.78 Å². The number of halogens is 2. The second kappa shape index (κ2) is 9.32. The Morgan fingerprint density at radius 3 is 1.90 bits per heavy atom. The third-order valence-corrected chi connectivity index (χ3v) is 6.04. The van der Waals surface area contributed by atoms with Gasteiger partial charge in [0.15, 0.2) is 0 Å². The van der Waals surface area contributed by atoms with Crippen LogP contribution in [0.4, 0.5) is 8.78 Å². The van der Waals surface area contributed by atoms with Crippen molar-refractivity contribution in [3.63, 3.8) is 0 Å². The van der Waals surface area contributed by atoms with Gasteiger partial charge >= 0.3 is 0 Å². The zero-order valence-corrected chi connectivity index (χ0v) is 16.6. The molecule has 1 nitrogen and oxygen atoms in total. The Kier molecular flexibility index (Phi) is 6.36. The van der Waals surface area contributed by atoms with Crippen LogP contribution < -0.4 is 0 Å². The zero-order valence-electron chi connectivity index (χ0n) is 16.6. The lowest BCUT2D eigenvalue weighted by Gasteiger charge is -2.28. The second-order valence-corrected chi connectivity index (χ2v) is 8.03. The quantitative estimate of drug-likeness (QED) is 0.486. The number of hydrogen-bond acceptors (Lipinski definition) is 1. The Hall–Kier alpha value is -2.52. The summed E-state index contributed by atoms with van der Waals surface area (Å²) in [6.07, 6.45) is 3.33. The summed E-state index contributed by atoms with van der Waals surface area (Å²) in [6, 6.07) is 24.3. The fourth-order valence-corrected chi connectivity index (χ4v) is 4.59. The van der Waals surface area contributed by atoms with Crippen LogP contribution in [0.2, 0.25) is 0 Å². The summed E-state index contributed by atoms with van der Waals surface area (Å²) in [4.78, 5) is 2.53. The maximum absolute atomic E-state index is 13.5. The van der Waals surface area contributed by atoms with Crippen molar-refractivity contribution in [2.75, 3.05) is 13.1 Å². The molecule has 0 radical (unpaired) electrons. The lowest BCUT2D eigenvalue weighted by atomic mass is 9.77. The van der Waals surface area contributed by atoms with Crippen LogP contribution in [0.1, 0.15) is 41.9 Å². The van der Waals surface area contributed by atoms with E-state index in [4.69, 9.17) is 0 Å². The van der Waals surface area contributed by atoms with Gasteiger partial charge in [-0.05, 0) is 79.2 Å². The topological polar surface area (TPSA) is 3.24 Å². The van der Waals surface area contributed by atoms with Crippen molar-refractivity contribution < 1.29 is 8.78 Å². The minimum absolute atomic E-state index is 0.160. The highest BCUT2D eigenvalue weighted by atomic mass is 19.1. The highest BCUT2D eigenvalue weighted by Crippen LogP contribution is 2.38. The van der Waals surface area contributed by atoms with Gasteiger partial charge in [0, 0.05) is 12.5 Å². The van der Waals surface area contributed by atoms with Gasteiger partial charge in [-0.2, -0.15) is 0 Å². The molecule has 1 saturated heterocycles. The SMILES string of the molecule is Fc1ccc(C(c2ccc(F)cc2)C2CCCN(Cc3ccccc3)CC2)cc1. The van der Waals surface area contributed by atoms with E-state index in [1.807, 2.05) is 24.3 Å². The second-order valence-electron chi connectivity index (χ2n) is 8.03. The Labute approximate surface area is 172 Å². The van der Waals surface area contributed by atoms with Crippen molar-refractivity contribution in [1.82, 2.24) is 4.90 Å². The Morgan fingerprint density at radius 1 is 0.724 bits per heavy atom. The summed E-state index contributed by atoms with van der Waals surface area (Å²) >= 11 is 0. The molecule has 1 aliphatic heterocycles. The van der Waals surface area contributed by atoms with E-state index >= 15 is 0 Å². The molecule has 0 spiro atoms. The molecule has 1 atom stereocenters. The lowest BCUT2D eigenvalue weighted by Crippen LogP contribution is -2.24. The van der Waals surface area contributed by atoms with E-state index in [9.17, 15) is 8.78 Å². The predicted octanol–water partition coefficient (Wildman–Crippen LogP) is 6.40. The summed E-state index contributed by atoms with van der Waals surface area (Å²) in [5, 5.41) is 0. The molecule has 3 heteroatoms. The van der Waals surface area contributed by atoms with Crippen molar-refractivity contribution in [1.29, 1.82) is 0 Å². The molecule has 1 aliphatic rings. The number of rotatable bonds is 5. The van der Waals surface area contributed by atoms with Gasteiger partial charge in [-0.1, -0.05) is 54.6 Å². The molecular formula is C26H27F2N. The van der Waals surface area contributed by atoms with Crippen LogP contribution in [0.25, 0.3) is 0 Å². The Morgan fingerprint density at radius 2 is 1.31 bits per heavy atom. The summed E-state index contributed by atoms with van der Waals surface area (Å²) in [5.74, 6) is 0.169. The zero-order chi connectivity index (χ0) is 20.1. The molecule has 29 heavy (non-hydrogen) atoms. The largest absolute Gasteiger partial charge is 0.299 e. The number of nitrogens with zero attached hydrogens (tertiary/aromatic N) is 1. The fraction of sp³-hybridized carbons (Fsp3) is 0.308. The van der Waals surface area contributed by atoms with E-state index in [0.29, 0.717) is 5.92 Å².